The minimum absolute atomic E-state index is 0.263. The highest BCUT2D eigenvalue weighted by molar-refractivity contribution is 5.89. The van der Waals surface area contributed by atoms with Gasteiger partial charge in [0.1, 0.15) is 0 Å². The van der Waals surface area contributed by atoms with E-state index in [4.69, 9.17) is 0 Å². The molecule has 0 aliphatic carbocycles. The SMILES string of the molecule is O=C(Nc1ccc(F)c(F)c1)N1CCN(CCCc2ccccc2)CC1. The second-order valence-corrected chi connectivity index (χ2v) is 6.48. The Kier molecular flexibility index (Phi) is 6.17. The Morgan fingerprint density at radius 1 is 0.962 bits per heavy atom. The zero-order valence-electron chi connectivity index (χ0n) is 14.6. The van der Waals surface area contributed by atoms with Crippen LogP contribution in [0.1, 0.15) is 12.0 Å². The molecule has 6 heteroatoms. The Morgan fingerprint density at radius 3 is 2.38 bits per heavy atom. The van der Waals surface area contributed by atoms with Crippen molar-refractivity contribution in [1.29, 1.82) is 0 Å². The lowest BCUT2D eigenvalue weighted by atomic mass is 10.1. The van der Waals surface area contributed by atoms with Crippen LogP contribution >= 0.6 is 0 Å². The molecule has 4 nitrogen and oxygen atoms in total. The van der Waals surface area contributed by atoms with Crippen molar-refractivity contribution in [2.24, 2.45) is 0 Å². The summed E-state index contributed by atoms with van der Waals surface area (Å²) in [5.74, 6) is -1.89. The second kappa shape index (κ2) is 8.76. The Balaban J connectivity index is 1.40. The number of benzene rings is 2. The molecule has 2 amide bonds. The van der Waals surface area contributed by atoms with Crippen molar-refractivity contribution in [1.82, 2.24) is 9.80 Å². The van der Waals surface area contributed by atoms with Gasteiger partial charge in [-0.05, 0) is 37.1 Å². The van der Waals surface area contributed by atoms with Gasteiger partial charge in [0.25, 0.3) is 0 Å². The molecule has 1 fully saturated rings. The maximum Gasteiger partial charge on any atom is 0.321 e. The molecule has 1 saturated heterocycles. The van der Waals surface area contributed by atoms with Gasteiger partial charge in [-0.3, -0.25) is 4.90 Å². The first-order valence-electron chi connectivity index (χ1n) is 8.89. The van der Waals surface area contributed by atoms with Crippen molar-refractivity contribution in [2.75, 3.05) is 38.0 Å². The van der Waals surface area contributed by atoms with Gasteiger partial charge in [-0.1, -0.05) is 30.3 Å². The van der Waals surface area contributed by atoms with Crippen LogP contribution in [0.4, 0.5) is 19.3 Å². The van der Waals surface area contributed by atoms with Crippen LogP contribution in [-0.2, 0) is 6.42 Å². The molecule has 0 unspecified atom stereocenters. The van der Waals surface area contributed by atoms with Gasteiger partial charge < -0.3 is 10.2 Å². The maximum atomic E-state index is 13.2. The maximum absolute atomic E-state index is 13.2. The summed E-state index contributed by atoms with van der Waals surface area (Å²) in [6.07, 6.45) is 2.14. The van der Waals surface area contributed by atoms with E-state index in [0.29, 0.717) is 13.1 Å². The van der Waals surface area contributed by atoms with Gasteiger partial charge >= 0.3 is 6.03 Å². The van der Waals surface area contributed by atoms with Crippen molar-refractivity contribution in [3.63, 3.8) is 0 Å². The summed E-state index contributed by atoms with van der Waals surface area (Å²) in [7, 11) is 0. The zero-order valence-corrected chi connectivity index (χ0v) is 14.6. The number of hydrogen-bond donors (Lipinski definition) is 1. The van der Waals surface area contributed by atoms with E-state index in [0.717, 1.165) is 44.6 Å². The quantitative estimate of drug-likeness (QED) is 0.883. The van der Waals surface area contributed by atoms with Crippen LogP contribution in [0.3, 0.4) is 0 Å². The van der Waals surface area contributed by atoms with E-state index in [1.807, 2.05) is 6.07 Å². The first kappa shape index (κ1) is 18.3. The monoisotopic (exact) mass is 359 g/mol. The van der Waals surface area contributed by atoms with Crippen molar-refractivity contribution in [2.45, 2.75) is 12.8 Å². The Bertz CT molecular complexity index is 731. The molecule has 1 aliphatic heterocycles. The molecule has 138 valence electrons. The molecule has 0 bridgehead atoms. The first-order chi connectivity index (χ1) is 12.6. The summed E-state index contributed by atoms with van der Waals surface area (Å²) in [4.78, 5) is 16.3. The molecule has 3 rings (SSSR count). The number of aryl methyl sites for hydroxylation is 1. The van der Waals surface area contributed by atoms with Gasteiger partial charge in [-0.25, -0.2) is 13.6 Å². The molecule has 0 aromatic heterocycles. The number of urea groups is 1. The molecule has 26 heavy (non-hydrogen) atoms. The average molecular weight is 359 g/mol. The normalized spacial score (nSPS) is 15.1. The third-order valence-corrected chi connectivity index (χ3v) is 4.61. The lowest BCUT2D eigenvalue weighted by molar-refractivity contribution is 0.146. The van der Waals surface area contributed by atoms with E-state index in [2.05, 4.69) is 34.5 Å². The highest BCUT2D eigenvalue weighted by Crippen LogP contribution is 2.14. The number of amides is 2. The topological polar surface area (TPSA) is 35.6 Å². The van der Waals surface area contributed by atoms with Gasteiger partial charge in [0, 0.05) is 37.9 Å². The molecule has 1 heterocycles. The van der Waals surface area contributed by atoms with E-state index in [9.17, 15) is 13.6 Å². The van der Waals surface area contributed by atoms with Crippen LogP contribution in [0.15, 0.2) is 48.5 Å². The van der Waals surface area contributed by atoms with Crippen molar-refractivity contribution in [3.05, 3.63) is 65.7 Å². The molecule has 0 atom stereocenters. The van der Waals surface area contributed by atoms with E-state index >= 15 is 0 Å². The molecule has 1 aliphatic rings. The number of hydrogen-bond acceptors (Lipinski definition) is 2. The van der Waals surface area contributed by atoms with Crippen molar-refractivity contribution in [3.8, 4) is 0 Å². The minimum Gasteiger partial charge on any atom is -0.322 e. The molecular formula is C20H23F2N3O. The first-order valence-corrected chi connectivity index (χ1v) is 8.89. The number of carbonyl (C=O) groups excluding carboxylic acids is 1. The van der Waals surface area contributed by atoms with Crippen LogP contribution in [0.5, 0.6) is 0 Å². The largest absolute Gasteiger partial charge is 0.322 e. The van der Waals surface area contributed by atoms with Crippen molar-refractivity contribution < 1.29 is 13.6 Å². The third-order valence-electron chi connectivity index (χ3n) is 4.61. The van der Waals surface area contributed by atoms with E-state index < -0.39 is 11.6 Å². The summed E-state index contributed by atoms with van der Waals surface area (Å²) in [6, 6.07) is 13.5. The fourth-order valence-corrected chi connectivity index (χ4v) is 3.10. The lowest BCUT2D eigenvalue weighted by Gasteiger charge is -2.34. The van der Waals surface area contributed by atoms with Crippen LogP contribution in [0.25, 0.3) is 0 Å². The number of carbonyl (C=O) groups is 1. The predicted molar refractivity (Wildman–Crippen MR) is 98.2 cm³/mol. The van der Waals surface area contributed by atoms with E-state index in [-0.39, 0.29) is 11.7 Å². The number of halogens is 2. The lowest BCUT2D eigenvalue weighted by Crippen LogP contribution is -2.50. The Morgan fingerprint density at radius 2 is 1.69 bits per heavy atom. The summed E-state index contributed by atoms with van der Waals surface area (Å²) < 4.78 is 26.2. The summed E-state index contributed by atoms with van der Waals surface area (Å²) >= 11 is 0. The van der Waals surface area contributed by atoms with Gasteiger partial charge in [0.15, 0.2) is 11.6 Å². The predicted octanol–water partition coefficient (Wildman–Crippen LogP) is 3.75. The third kappa shape index (κ3) is 5.02. The van der Waals surface area contributed by atoms with E-state index in [1.54, 1.807) is 4.90 Å². The molecule has 0 spiro atoms. The summed E-state index contributed by atoms with van der Waals surface area (Å²) in [6.45, 7) is 3.90. The molecule has 0 saturated carbocycles. The second-order valence-electron chi connectivity index (χ2n) is 6.48. The van der Waals surface area contributed by atoms with Gasteiger partial charge in [0.05, 0.1) is 0 Å². The summed E-state index contributed by atoms with van der Waals surface area (Å²) in [5, 5.41) is 2.62. The van der Waals surface area contributed by atoms with Crippen molar-refractivity contribution >= 4 is 11.7 Å². The molecule has 1 N–H and O–H groups in total. The Labute approximate surface area is 152 Å². The number of rotatable bonds is 5. The molecule has 2 aromatic rings. The average Bonchev–Trinajstić information content (AvgIpc) is 2.66. The van der Waals surface area contributed by atoms with Gasteiger partial charge in [0.2, 0.25) is 0 Å². The zero-order chi connectivity index (χ0) is 18.4. The van der Waals surface area contributed by atoms with Crippen LogP contribution in [-0.4, -0.2) is 48.6 Å². The fourth-order valence-electron chi connectivity index (χ4n) is 3.10. The van der Waals surface area contributed by atoms with Gasteiger partial charge in [-0.2, -0.15) is 0 Å². The molecule has 2 aromatic carbocycles. The standard InChI is InChI=1S/C20H23F2N3O/c21-18-9-8-17(15-19(18)22)23-20(26)25-13-11-24(12-14-25)10-4-7-16-5-2-1-3-6-16/h1-3,5-6,8-9,15H,4,7,10-14H2,(H,23,26). The molecular weight excluding hydrogens is 336 g/mol. The highest BCUT2D eigenvalue weighted by atomic mass is 19.2. The minimum atomic E-state index is -0.967. The van der Waals surface area contributed by atoms with Gasteiger partial charge in [-0.15, -0.1) is 0 Å². The number of nitrogens with zero attached hydrogens (tertiary/aromatic N) is 2. The smallest absolute Gasteiger partial charge is 0.321 e. The fraction of sp³-hybridized carbons (Fsp3) is 0.350. The highest BCUT2D eigenvalue weighted by Gasteiger charge is 2.21. The number of nitrogens with one attached hydrogen (secondary N) is 1. The Hall–Kier alpha value is -2.47. The number of piperazine rings is 1. The number of anilines is 1. The molecule has 0 radical (unpaired) electrons. The summed E-state index contributed by atoms with van der Waals surface area (Å²) in [5.41, 5.74) is 1.61. The van der Waals surface area contributed by atoms with Crippen LogP contribution in [0, 0.1) is 11.6 Å². The van der Waals surface area contributed by atoms with Crippen LogP contribution < -0.4 is 5.32 Å². The van der Waals surface area contributed by atoms with Crippen LogP contribution in [0.2, 0.25) is 0 Å². The van der Waals surface area contributed by atoms with E-state index in [1.165, 1.54) is 11.6 Å².